The first kappa shape index (κ1) is 13.5. The predicted molar refractivity (Wildman–Crippen MR) is 62.6 cm³/mol. The van der Waals surface area contributed by atoms with Crippen LogP contribution in [0.25, 0.3) is 0 Å². The van der Waals surface area contributed by atoms with Crippen LogP contribution in [0.5, 0.6) is 0 Å². The van der Waals surface area contributed by atoms with Crippen LogP contribution in [0.15, 0.2) is 24.3 Å². The summed E-state index contributed by atoms with van der Waals surface area (Å²) < 4.78 is 9.70. The lowest BCUT2D eigenvalue weighted by Gasteiger charge is -2.08. The lowest BCUT2D eigenvalue weighted by atomic mass is 10.0. The number of hydrogen-bond donors (Lipinski definition) is 0. The summed E-state index contributed by atoms with van der Waals surface area (Å²) in [5.41, 5.74) is 0.332. The fraction of sp³-hybridized carbons (Fsp3) is 0.385. The molecule has 0 spiro atoms. The fourth-order valence-electron chi connectivity index (χ4n) is 1.27. The van der Waals surface area contributed by atoms with Crippen molar-refractivity contribution in [3.63, 3.8) is 0 Å². The van der Waals surface area contributed by atoms with Crippen LogP contribution in [0.3, 0.4) is 0 Å². The Morgan fingerprint density at radius 3 is 2.65 bits per heavy atom. The molecule has 17 heavy (non-hydrogen) atoms. The first-order valence-electron chi connectivity index (χ1n) is 5.42. The Morgan fingerprint density at radius 1 is 1.35 bits per heavy atom. The van der Waals surface area contributed by atoms with Crippen molar-refractivity contribution in [2.45, 2.75) is 19.8 Å². The number of ether oxygens (including phenoxy) is 2. The number of allylic oxidation sites excluding steroid dienone is 2. The molecule has 0 aromatic carbocycles. The molecule has 0 aromatic heterocycles. The van der Waals surface area contributed by atoms with Gasteiger partial charge in [0.2, 0.25) is 0 Å². The van der Waals surface area contributed by atoms with E-state index in [0.29, 0.717) is 12.0 Å². The van der Waals surface area contributed by atoms with Crippen LogP contribution in [0, 0.1) is 12.3 Å². The molecule has 0 amide bonds. The maximum atomic E-state index is 11.3. The quantitative estimate of drug-likeness (QED) is 0.401. The molecule has 4 nitrogen and oxygen atoms in total. The van der Waals surface area contributed by atoms with E-state index in [-0.39, 0.29) is 19.2 Å². The zero-order valence-electron chi connectivity index (χ0n) is 9.90. The summed E-state index contributed by atoms with van der Waals surface area (Å²) in [6.45, 7) is 5.15. The second-order valence-corrected chi connectivity index (χ2v) is 3.77. The van der Waals surface area contributed by atoms with Crippen molar-refractivity contribution in [2.75, 3.05) is 13.2 Å². The Labute approximate surface area is 101 Å². The first-order valence-corrected chi connectivity index (χ1v) is 5.42. The number of carbonyl (C=O) groups is 2. The monoisotopic (exact) mass is 236 g/mol. The van der Waals surface area contributed by atoms with Crippen LogP contribution < -0.4 is 0 Å². The van der Waals surface area contributed by atoms with Crippen LogP contribution in [0.1, 0.15) is 19.8 Å². The molecule has 0 N–H and O–H groups in total. The minimum absolute atomic E-state index is 0.0642. The van der Waals surface area contributed by atoms with Gasteiger partial charge in [-0.2, -0.15) is 0 Å². The van der Waals surface area contributed by atoms with Crippen LogP contribution in [-0.2, 0) is 19.1 Å². The number of esters is 2. The van der Waals surface area contributed by atoms with Crippen molar-refractivity contribution in [3.05, 3.63) is 36.6 Å². The molecule has 0 saturated heterocycles. The molecule has 1 rings (SSSR count). The van der Waals surface area contributed by atoms with Gasteiger partial charge in [-0.15, -0.1) is 0 Å². The van der Waals surface area contributed by atoms with Gasteiger partial charge in [0.15, 0.2) is 0 Å². The van der Waals surface area contributed by atoms with Gasteiger partial charge in [0, 0.05) is 5.57 Å². The van der Waals surface area contributed by atoms with Crippen molar-refractivity contribution >= 4 is 11.9 Å². The summed E-state index contributed by atoms with van der Waals surface area (Å²) in [5.74, 6) is 0.268. The van der Waals surface area contributed by atoms with E-state index >= 15 is 0 Å². The van der Waals surface area contributed by atoms with E-state index in [1.807, 2.05) is 18.6 Å². The Hall–Kier alpha value is -1.58. The molecular weight excluding hydrogens is 220 g/mol. The maximum absolute atomic E-state index is 11.3. The third-order valence-electron chi connectivity index (χ3n) is 2.15. The first-order chi connectivity index (χ1) is 8.09. The van der Waals surface area contributed by atoms with Gasteiger partial charge in [0.1, 0.15) is 13.2 Å². The molecule has 2 radical (unpaired) electrons. The Morgan fingerprint density at radius 2 is 2.06 bits per heavy atom. The van der Waals surface area contributed by atoms with Crippen molar-refractivity contribution < 1.29 is 19.1 Å². The Bertz CT molecular complexity index is 322. The second-order valence-electron chi connectivity index (χ2n) is 3.77. The van der Waals surface area contributed by atoms with Crippen LogP contribution >= 0.6 is 0 Å². The molecule has 0 unspecified atom stereocenters. The molecule has 0 atom stereocenters. The van der Waals surface area contributed by atoms with E-state index < -0.39 is 5.97 Å². The highest BCUT2D eigenvalue weighted by molar-refractivity contribution is 5.86. The highest BCUT2D eigenvalue weighted by atomic mass is 16.6. The molecular formula is C13H16O4. The Balaban J connectivity index is 2.04. The predicted octanol–water partition coefficient (Wildman–Crippen LogP) is 1.78. The van der Waals surface area contributed by atoms with Gasteiger partial charge in [-0.25, -0.2) is 4.79 Å². The van der Waals surface area contributed by atoms with Gasteiger partial charge in [-0.05, 0) is 25.7 Å². The molecule has 1 aliphatic carbocycles. The molecule has 0 aromatic rings. The van der Waals surface area contributed by atoms with Crippen LogP contribution in [-0.4, -0.2) is 25.2 Å². The van der Waals surface area contributed by atoms with Crippen LogP contribution in [0.2, 0.25) is 0 Å². The number of rotatable bonds is 6. The molecule has 0 bridgehead atoms. The lowest BCUT2D eigenvalue weighted by Crippen LogP contribution is -2.15. The Kier molecular flexibility index (Phi) is 5.46. The average Bonchev–Trinajstić information content (AvgIpc) is 2.76. The minimum atomic E-state index is -0.469. The molecule has 0 heterocycles. The van der Waals surface area contributed by atoms with E-state index in [1.165, 1.54) is 0 Å². The zero-order valence-corrected chi connectivity index (χ0v) is 9.90. The van der Waals surface area contributed by atoms with Gasteiger partial charge in [0.25, 0.3) is 0 Å². The van der Waals surface area contributed by atoms with Gasteiger partial charge in [-0.1, -0.05) is 18.7 Å². The van der Waals surface area contributed by atoms with E-state index in [0.717, 1.165) is 12.3 Å². The summed E-state index contributed by atoms with van der Waals surface area (Å²) in [6.07, 6.45) is 6.90. The standard InChI is InChI=1S/C13H16O4/c1-10(2)13(15)17-8-7-16-12(14)9-11-5-3-4-6-11/h3-5H,1,6-9H2,2H3. The summed E-state index contributed by atoms with van der Waals surface area (Å²) in [4.78, 5) is 22.3. The fourth-order valence-corrected chi connectivity index (χ4v) is 1.27. The van der Waals surface area contributed by atoms with Gasteiger partial charge < -0.3 is 9.47 Å². The zero-order chi connectivity index (χ0) is 12.7. The summed E-state index contributed by atoms with van der Waals surface area (Å²) in [5, 5.41) is 0. The maximum Gasteiger partial charge on any atom is 0.333 e. The third-order valence-corrected chi connectivity index (χ3v) is 2.15. The molecule has 0 fully saturated rings. The van der Waals surface area contributed by atoms with E-state index in [2.05, 4.69) is 6.58 Å². The topological polar surface area (TPSA) is 52.6 Å². The van der Waals surface area contributed by atoms with Gasteiger partial charge in [0.05, 0.1) is 6.42 Å². The lowest BCUT2D eigenvalue weighted by molar-refractivity contribution is -0.149. The molecule has 4 heteroatoms. The largest absolute Gasteiger partial charge is 0.462 e. The normalized spacial score (nSPS) is 14.6. The SMILES string of the molecule is C=C(C)C(=O)OCCOC(=O)C[C]1[CH]C=CC1. The van der Waals surface area contributed by atoms with Crippen LogP contribution in [0.4, 0.5) is 0 Å². The molecule has 1 aliphatic rings. The summed E-state index contributed by atoms with van der Waals surface area (Å²) in [7, 11) is 0. The summed E-state index contributed by atoms with van der Waals surface area (Å²) in [6, 6.07) is 0. The van der Waals surface area contributed by atoms with E-state index in [4.69, 9.17) is 9.47 Å². The smallest absolute Gasteiger partial charge is 0.333 e. The van der Waals surface area contributed by atoms with Crippen molar-refractivity contribution in [1.29, 1.82) is 0 Å². The van der Waals surface area contributed by atoms with Crippen molar-refractivity contribution in [2.24, 2.45) is 0 Å². The molecule has 0 saturated carbocycles. The average molecular weight is 236 g/mol. The summed E-state index contributed by atoms with van der Waals surface area (Å²) >= 11 is 0. The third kappa shape index (κ3) is 5.33. The molecule has 92 valence electrons. The van der Waals surface area contributed by atoms with Crippen molar-refractivity contribution in [3.8, 4) is 0 Å². The number of carbonyl (C=O) groups excluding carboxylic acids is 2. The van der Waals surface area contributed by atoms with E-state index in [9.17, 15) is 9.59 Å². The van der Waals surface area contributed by atoms with Crippen molar-refractivity contribution in [1.82, 2.24) is 0 Å². The van der Waals surface area contributed by atoms with Gasteiger partial charge >= 0.3 is 11.9 Å². The highest BCUT2D eigenvalue weighted by Crippen LogP contribution is 2.22. The second kappa shape index (κ2) is 6.89. The van der Waals surface area contributed by atoms with Gasteiger partial charge in [-0.3, -0.25) is 4.79 Å². The number of hydrogen-bond acceptors (Lipinski definition) is 4. The highest BCUT2D eigenvalue weighted by Gasteiger charge is 2.16. The minimum Gasteiger partial charge on any atom is -0.462 e. The molecule has 0 aliphatic heterocycles. The van der Waals surface area contributed by atoms with E-state index in [1.54, 1.807) is 6.92 Å².